The maximum atomic E-state index is 11.5. The van der Waals surface area contributed by atoms with Crippen LogP contribution >= 0.6 is 0 Å². The molecule has 5 heteroatoms. The molecule has 1 heterocycles. The van der Waals surface area contributed by atoms with Crippen molar-refractivity contribution in [2.75, 3.05) is 0 Å². The highest BCUT2D eigenvalue weighted by Crippen LogP contribution is 2.11. The molecule has 78 valence electrons. The Hall–Kier alpha value is -1.36. The van der Waals surface area contributed by atoms with E-state index < -0.39 is 17.9 Å². The van der Waals surface area contributed by atoms with Gasteiger partial charge in [-0.3, -0.25) is 9.89 Å². The van der Waals surface area contributed by atoms with Crippen LogP contribution in [0.25, 0.3) is 0 Å². The summed E-state index contributed by atoms with van der Waals surface area (Å²) in [6.45, 7) is 5.41. The SMILES string of the molecule is CC(C)(C)OC(=O)N1C=CN=CC1N. The van der Waals surface area contributed by atoms with E-state index in [-0.39, 0.29) is 0 Å². The van der Waals surface area contributed by atoms with Gasteiger partial charge in [0.15, 0.2) is 0 Å². The molecule has 0 bridgehead atoms. The summed E-state index contributed by atoms with van der Waals surface area (Å²) in [6, 6.07) is 0. The van der Waals surface area contributed by atoms with Crippen LogP contribution in [-0.2, 0) is 4.74 Å². The molecule has 1 aliphatic heterocycles. The van der Waals surface area contributed by atoms with Crippen molar-refractivity contribution >= 4 is 12.3 Å². The lowest BCUT2D eigenvalue weighted by Gasteiger charge is -2.28. The van der Waals surface area contributed by atoms with E-state index in [1.54, 1.807) is 20.8 Å². The van der Waals surface area contributed by atoms with Crippen LogP contribution in [0.2, 0.25) is 0 Å². The Morgan fingerprint density at radius 3 is 2.71 bits per heavy atom. The lowest BCUT2D eigenvalue weighted by Crippen LogP contribution is -2.46. The van der Waals surface area contributed by atoms with Crippen LogP contribution in [0.4, 0.5) is 4.79 Å². The monoisotopic (exact) mass is 197 g/mol. The molecule has 1 amide bonds. The first-order chi connectivity index (χ1) is 6.40. The van der Waals surface area contributed by atoms with Gasteiger partial charge in [0, 0.05) is 18.6 Å². The molecule has 0 aromatic heterocycles. The molecule has 1 rings (SSSR count). The lowest BCUT2D eigenvalue weighted by molar-refractivity contribution is 0.0310. The van der Waals surface area contributed by atoms with E-state index in [2.05, 4.69) is 4.99 Å². The minimum absolute atomic E-state index is 0.465. The zero-order chi connectivity index (χ0) is 10.8. The summed E-state index contributed by atoms with van der Waals surface area (Å²) < 4.78 is 5.14. The van der Waals surface area contributed by atoms with Crippen molar-refractivity contribution in [3.63, 3.8) is 0 Å². The van der Waals surface area contributed by atoms with Crippen LogP contribution in [0.5, 0.6) is 0 Å². The molecule has 0 radical (unpaired) electrons. The van der Waals surface area contributed by atoms with Crippen molar-refractivity contribution < 1.29 is 9.53 Å². The fourth-order valence-corrected chi connectivity index (χ4v) is 0.917. The number of nitrogens with zero attached hydrogens (tertiary/aromatic N) is 2. The van der Waals surface area contributed by atoms with Gasteiger partial charge in [0.05, 0.1) is 0 Å². The smallest absolute Gasteiger partial charge is 0.416 e. The zero-order valence-electron chi connectivity index (χ0n) is 8.60. The molecular formula is C9H15N3O2. The number of rotatable bonds is 0. The molecule has 1 unspecified atom stereocenters. The zero-order valence-corrected chi connectivity index (χ0v) is 8.60. The van der Waals surface area contributed by atoms with E-state index in [1.165, 1.54) is 23.5 Å². The predicted octanol–water partition coefficient (Wildman–Crippen LogP) is 1.06. The summed E-state index contributed by atoms with van der Waals surface area (Å²) in [5.74, 6) is 0. The molecule has 2 N–H and O–H groups in total. The molecule has 0 spiro atoms. The standard InChI is InChI=1S/C9H15N3O2/c1-9(2,3)14-8(13)12-5-4-11-6-7(12)10/h4-7H,10H2,1-3H3. The van der Waals surface area contributed by atoms with Crippen molar-refractivity contribution in [1.29, 1.82) is 0 Å². The van der Waals surface area contributed by atoms with Crippen molar-refractivity contribution in [2.24, 2.45) is 10.7 Å². The molecule has 5 nitrogen and oxygen atoms in total. The van der Waals surface area contributed by atoms with Crippen molar-refractivity contribution in [2.45, 2.75) is 32.5 Å². The molecule has 0 aliphatic carbocycles. The fraction of sp³-hybridized carbons (Fsp3) is 0.556. The van der Waals surface area contributed by atoms with Gasteiger partial charge in [-0.25, -0.2) is 4.79 Å². The third-order valence-corrected chi connectivity index (χ3v) is 1.48. The number of nitrogens with two attached hydrogens (primary N) is 1. The number of hydrogen-bond acceptors (Lipinski definition) is 4. The Balaban J connectivity index is 2.62. The number of aliphatic imine (C=N–C) groups is 1. The summed E-state index contributed by atoms with van der Waals surface area (Å²) in [5.41, 5.74) is 5.11. The summed E-state index contributed by atoms with van der Waals surface area (Å²) in [5, 5.41) is 0. The van der Waals surface area contributed by atoms with Crippen LogP contribution in [-0.4, -0.2) is 29.0 Å². The Labute approximate surface area is 83.2 Å². The Kier molecular flexibility index (Phi) is 2.90. The molecular weight excluding hydrogens is 182 g/mol. The van der Waals surface area contributed by atoms with Crippen LogP contribution in [0.1, 0.15) is 20.8 Å². The van der Waals surface area contributed by atoms with Crippen LogP contribution in [0.3, 0.4) is 0 Å². The minimum Gasteiger partial charge on any atom is -0.443 e. The Morgan fingerprint density at radius 2 is 2.21 bits per heavy atom. The number of carbonyl (C=O) groups is 1. The van der Waals surface area contributed by atoms with Crippen LogP contribution in [0.15, 0.2) is 17.4 Å². The maximum absolute atomic E-state index is 11.5. The van der Waals surface area contributed by atoms with Gasteiger partial charge in [-0.05, 0) is 20.8 Å². The molecule has 0 aromatic carbocycles. The normalized spacial score (nSPS) is 21.1. The first-order valence-corrected chi connectivity index (χ1v) is 4.37. The van der Waals surface area contributed by atoms with Crippen LogP contribution in [0, 0.1) is 0 Å². The summed E-state index contributed by atoms with van der Waals surface area (Å²) in [6.07, 6.45) is 3.46. The topological polar surface area (TPSA) is 67.9 Å². The molecule has 0 saturated carbocycles. The van der Waals surface area contributed by atoms with Gasteiger partial charge in [0.2, 0.25) is 0 Å². The van der Waals surface area contributed by atoms with Gasteiger partial charge in [-0.2, -0.15) is 0 Å². The first kappa shape index (κ1) is 10.7. The predicted molar refractivity (Wildman–Crippen MR) is 53.7 cm³/mol. The van der Waals surface area contributed by atoms with E-state index in [0.29, 0.717) is 0 Å². The second kappa shape index (κ2) is 3.79. The molecule has 0 aromatic rings. The van der Waals surface area contributed by atoms with Gasteiger partial charge < -0.3 is 10.5 Å². The average molecular weight is 197 g/mol. The van der Waals surface area contributed by atoms with Crippen molar-refractivity contribution in [3.05, 3.63) is 12.4 Å². The van der Waals surface area contributed by atoms with E-state index >= 15 is 0 Å². The highest BCUT2D eigenvalue weighted by atomic mass is 16.6. The number of carbonyl (C=O) groups excluding carboxylic acids is 1. The first-order valence-electron chi connectivity index (χ1n) is 4.37. The molecule has 0 saturated heterocycles. The Bertz CT molecular complexity index is 278. The number of hydrogen-bond donors (Lipinski definition) is 1. The molecule has 1 atom stereocenters. The average Bonchev–Trinajstić information content (AvgIpc) is 2.01. The van der Waals surface area contributed by atoms with Crippen LogP contribution < -0.4 is 5.73 Å². The highest BCUT2D eigenvalue weighted by molar-refractivity contribution is 5.77. The molecule has 14 heavy (non-hydrogen) atoms. The fourth-order valence-electron chi connectivity index (χ4n) is 0.917. The summed E-state index contributed by atoms with van der Waals surface area (Å²) >= 11 is 0. The quantitative estimate of drug-likeness (QED) is 0.631. The second-order valence-corrected chi connectivity index (χ2v) is 3.97. The third kappa shape index (κ3) is 2.85. The Morgan fingerprint density at radius 1 is 1.57 bits per heavy atom. The summed E-state index contributed by atoms with van der Waals surface area (Å²) in [7, 11) is 0. The van der Waals surface area contributed by atoms with E-state index in [9.17, 15) is 4.79 Å². The lowest BCUT2D eigenvalue weighted by atomic mass is 10.2. The minimum atomic E-state index is -0.546. The summed E-state index contributed by atoms with van der Waals surface area (Å²) in [4.78, 5) is 16.6. The van der Waals surface area contributed by atoms with Crippen molar-refractivity contribution in [1.82, 2.24) is 4.90 Å². The number of amides is 1. The van der Waals surface area contributed by atoms with E-state index in [0.717, 1.165) is 0 Å². The van der Waals surface area contributed by atoms with Gasteiger partial charge in [-0.1, -0.05) is 0 Å². The second-order valence-electron chi connectivity index (χ2n) is 3.97. The largest absolute Gasteiger partial charge is 0.443 e. The van der Waals surface area contributed by atoms with E-state index in [1.807, 2.05) is 0 Å². The van der Waals surface area contributed by atoms with E-state index in [4.69, 9.17) is 10.5 Å². The van der Waals surface area contributed by atoms with Crippen molar-refractivity contribution in [3.8, 4) is 0 Å². The number of ether oxygens (including phenoxy) is 1. The highest BCUT2D eigenvalue weighted by Gasteiger charge is 2.24. The van der Waals surface area contributed by atoms with Gasteiger partial charge >= 0.3 is 6.09 Å². The van der Waals surface area contributed by atoms with Gasteiger partial charge in [-0.15, -0.1) is 0 Å². The van der Waals surface area contributed by atoms with Gasteiger partial charge in [0.25, 0.3) is 0 Å². The van der Waals surface area contributed by atoms with Gasteiger partial charge in [0.1, 0.15) is 11.8 Å². The maximum Gasteiger partial charge on any atom is 0.416 e. The molecule has 0 fully saturated rings. The molecule has 1 aliphatic rings. The third-order valence-electron chi connectivity index (χ3n) is 1.48.